The number of benzene rings is 3. The van der Waals surface area contributed by atoms with Crippen LogP contribution in [0.25, 0.3) is 44.2 Å². The largest absolute Gasteiger partial charge is 0.511 e. The van der Waals surface area contributed by atoms with E-state index in [1.54, 1.807) is 12.1 Å². The minimum Gasteiger partial charge on any atom is -0.449 e. The van der Waals surface area contributed by atoms with Gasteiger partial charge in [0.05, 0.1) is 11.0 Å². The Hall–Kier alpha value is -3.84. The molecule has 0 aliphatic carbocycles. The predicted molar refractivity (Wildman–Crippen MR) is 138 cm³/mol. The fraction of sp³-hybridized carbons (Fsp3) is 0.286. The minimum atomic E-state index is -1.32. The van der Waals surface area contributed by atoms with Crippen molar-refractivity contribution in [2.24, 2.45) is 0 Å². The summed E-state index contributed by atoms with van der Waals surface area (Å²) in [4.78, 5) is 18.5. The summed E-state index contributed by atoms with van der Waals surface area (Å²) in [6.45, 7) is 7.14. The molecule has 0 spiro atoms. The van der Waals surface area contributed by atoms with Gasteiger partial charge in [0, 0.05) is 53.1 Å². The van der Waals surface area contributed by atoms with Gasteiger partial charge < -0.3 is 23.9 Å². The molecule has 2 aromatic heterocycles. The number of likely N-dealkylation sites (tertiary alicyclic amines) is 1. The third kappa shape index (κ3) is 3.82. The molecule has 1 aliphatic heterocycles. The van der Waals surface area contributed by atoms with Crippen molar-refractivity contribution < 1.29 is 14.6 Å². The van der Waals surface area contributed by atoms with Gasteiger partial charge >= 0.3 is 6.16 Å². The number of para-hydroxylation sites is 1. The first-order chi connectivity index (χ1) is 17.1. The van der Waals surface area contributed by atoms with Crippen LogP contribution in [0.2, 0.25) is 0 Å². The van der Waals surface area contributed by atoms with Crippen LogP contribution in [0.15, 0.2) is 60.7 Å². The van der Waals surface area contributed by atoms with E-state index in [9.17, 15) is 4.79 Å². The van der Waals surface area contributed by atoms with Gasteiger partial charge in [-0.05, 0) is 69.3 Å². The summed E-state index contributed by atoms with van der Waals surface area (Å²) < 4.78 is 9.51. The average Bonchev–Trinajstić information content (AvgIpc) is 3.58. The second-order valence-corrected chi connectivity index (χ2v) is 9.15. The van der Waals surface area contributed by atoms with Crippen molar-refractivity contribution in [1.82, 2.24) is 19.0 Å². The Bertz CT molecular complexity index is 1560. The Morgan fingerprint density at radius 2 is 1.69 bits per heavy atom. The molecule has 1 aliphatic rings. The van der Waals surface area contributed by atoms with E-state index < -0.39 is 6.16 Å². The molecule has 3 aromatic carbocycles. The molecule has 3 heterocycles. The van der Waals surface area contributed by atoms with E-state index in [1.165, 1.54) is 34.6 Å². The van der Waals surface area contributed by atoms with Gasteiger partial charge in [-0.2, -0.15) is 0 Å². The molecule has 0 unspecified atom stereocenters. The zero-order valence-corrected chi connectivity index (χ0v) is 19.8. The molecule has 35 heavy (non-hydrogen) atoms. The van der Waals surface area contributed by atoms with Crippen LogP contribution in [-0.2, 0) is 13.1 Å². The number of imidazole rings is 1. The van der Waals surface area contributed by atoms with Gasteiger partial charge in [-0.1, -0.05) is 18.2 Å². The molecule has 0 atom stereocenters. The highest BCUT2D eigenvalue weighted by Gasteiger charge is 2.18. The van der Waals surface area contributed by atoms with Gasteiger partial charge in [0.25, 0.3) is 0 Å². The maximum absolute atomic E-state index is 11.1. The number of aryl methyl sites for hydroxylation is 1. The molecule has 0 radical (unpaired) electrons. The van der Waals surface area contributed by atoms with E-state index in [1.807, 2.05) is 6.07 Å². The lowest BCUT2D eigenvalue weighted by Gasteiger charge is -2.17. The first-order valence-corrected chi connectivity index (χ1v) is 12.3. The summed E-state index contributed by atoms with van der Waals surface area (Å²) in [5.41, 5.74) is 5.22. The third-order valence-electron chi connectivity index (χ3n) is 7.11. The SMILES string of the molecule is CCn1c2ccccc2c2cc(-c3nc4cc(OC(=O)O)ccc4n3CCN3CCCC3)ccc21. The van der Waals surface area contributed by atoms with Crippen LogP contribution in [-0.4, -0.2) is 49.9 Å². The Morgan fingerprint density at radius 1 is 0.914 bits per heavy atom. The maximum Gasteiger partial charge on any atom is 0.511 e. The quantitative estimate of drug-likeness (QED) is 0.245. The van der Waals surface area contributed by atoms with Gasteiger partial charge in [0.2, 0.25) is 0 Å². The monoisotopic (exact) mass is 468 g/mol. The summed E-state index contributed by atoms with van der Waals surface area (Å²) in [6.07, 6.45) is 1.19. The standard InChI is InChI=1S/C28H28N4O3/c1-2-31-24-8-4-3-7-21(24)22-17-19(9-11-25(22)31)27-29-23-18-20(35-28(33)34)10-12-26(23)32(27)16-15-30-13-5-6-14-30/h3-4,7-12,17-18H,2,5-6,13-16H2,1H3,(H,33,34). The highest BCUT2D eigenvalue weighted by molar-refractivity contribution is 6.09. The Morgan fingerprint density at radius 3 is 2.49 bits per heavy atom. The highest BCUT2D eigenvalue weighted by atomic mass is 16.7. The molecule has 1 saturated heterocycles. The fourth-order valence-electron chi connectivity index (χ4n) is 5.50. The molecule has 5 aromatic rings. The van der Waals surface area contributed by atoms with Crippen molar-refractivity contribution in [3.05, 3.63) is 60.7 Å². The number of fused-ring (bicyclic) bond motifs is 4. The van der Waals surface area contributed by atoms with E-state index in [0.717, 1.165) is 55.1 Å². The molecule has 7 heteroatoms. The molecule has 0 saturated carbocycles. The second-order valence-electron chi connectivity index (χ2n) is 9.15. The summed E-state index contributed by atoms with van der Waals surface area (Å²) in [6, 6.07) is 20.4. The van der Waals surface area contributed by atoms with Gasteiger partial charge in [0.1, 0.15) is 11.6 Å². The van der Waals surface area contributed by atoms with Crippen LogP contribution in [0.5, 0.6) is 5.75 Å². The van der Waals surface area contributed by atoms with Crippen LogP contribution in [0.3, 0.4) is 0 Å². The average molecular weight is 469 g/mol. The van der Waals surface area contributed by atoms with E-state index in [4.69, 9.17) is 14.8 Å². The number of aromatic nitrogens is 3. The predicted octanol–water partition coefficient (Wildman–Crippen LogP) is 5.98. The van der Waals surface area contributed by atoms with Crippen LogP contribution in [0.1, 0.15) is 19.8 Å². The first-order valence-electron chi connectivity index (χ1n) is 12.3. The van der Waals surface area contributed by atoms with Crippen molar-refractivity contribution in [2.75, 3.05) is 19.6 Å². The zero-order chi connectivity index (χ0) is 23.9. The van der Waals surface area contributed by atoms with Crippen LogP contribution >= 0.6 is 0 Å². The highest BCUT2D eigenvalue weighted by Crippen LogP contribution is 2.34. The molecule has 7 nitrogen and oxygen atoms in total. The van der Waals surface area contributed by atoms with Crippen molar-refractivity contribution in [1.29, 1.82) is 0 Å². The number of carbonyl (C=O) groups is 1. The molecule has 6 rings (SSSR count). The van der Waals surface area contributed by atoms with Crippen molar-refractivity contribution in [3.8, 4) is 17.1 Å². The van der Waals surface area contributed by atoms with E-state index in [0.29, 0.717) is 0 Å². The molecule has 0 amide bonds. The van der Waals surface area contributed by atoms with Crippen molar-refractivity contribution in [3.63, 3.8) is 0 Å². The van der Waals surface area contributed by atoms with Gasteiger partial charge in [-0.25, -0.2) is 9.78 Å². The zero-order valence-electron chi connectivity index (χ0n) is 19.8. The van der Waals surface area contributed by atoms with Gasteiger partial charge in [0.15, 0.2) is 0 Å². The maximum atomic E-state index is 11.1. The van der Waals surface area contributed by atoms with E-state index >= 15 is 0 Å². The van der Waals surface area contributed by atoms with E-state index in [2.05, 4.69) is 63.4 Å². The molecule has 1 N–H and O–H groups in total. The Balaban J connectivity index is 1.50. The molecule has 1 fully saturated rings. The van der Waals surface area contributed by atoms with Crippen LogP contribution < -0.4 is 4.74 Å². The molecule has 178 valence electrons. The first kappa shape index (κ1) is 21.7. The smallest absolute Gasteiger partial charge is 0.449 e. The van der Waals surface area contributed by atoms with Gasteiger partial charge in [-0.3, -0.25) is 0 Å². The number of carboxylic acid groups (broad SMARTS) is 1. The van der Waals surface area contributed by atoms with Crippen LogP contribution in [0, 0.1) is 0 Å². The topological polar surface area (TPSA) is 72.5 Å². The van der Waals surface area contributed by atoms with Crippen LogP contribution in [0.4, 0.5) is 4.79 Å². The van der Waals surface area contributed by atoms with Gasteiger partial charge in [-0.15, -0.1) is 0 Å². The Labute approximate surface area is 203 Å². The third-order valence-corrected chi connectivity index (χ3v) is 7.11. The van der Waals surface area contributed by atoms with E-state index in [-0.39, 0.29) is 5.75 Å². The lowest BCUT2D eigenvalue weighted by molar-refractivity contribution is 0.144. The molecule has 0 bridgehead atoms. The minimum absolute atomic E-state index is 0.280. The summed E-state index contributed by atoms with van der Waals surface area (Å²) >= 11 is 0. The number of ether oxygens (including phenoxy) is 1. The number of hydrogen-bond acceptors (Lipinski definition) is 4. The number of hydrogen-bond donors (Lipinski definition) is 1. The summed E-state index contributed by atoms with van der Waals surface area (Å²) in [7, 11) is 0. The second kappa shape index (κ2) is 8.74. The van der Waals surface area contributed by atoms with Crippen molar-refractivity contribution >= 4 is 39.0 Å². The summed E-state index contributed by atoms with van der Waals surface area (Å²) in [5.74, 6) is 1.17. The molecular weight excluding hydrogens is 440 g/mol. The van der Waals surface area contributed by atoms with Crippen molar-refractivity contribution in [2.45, 2.75) is 32.9 Å². The number of rotatable bonds is 6. The normalized spacial score (nSPS) is 14.4. The molecular formula is C28H28N4O3. The fourth-order valence-corrected chi connectivity index (χ4v) is 5.50. The summed E-state index contributed by atoms with van der Waals surface area (Å²) in [5, 5.41) is 11.5. The number of nitrogens with zero attached hydrogens (tertiary/aromatic N) is 4. The lowest BCUT2D eigenvalue weighted by Crippen LogP contribution is -2.24. The Kier molecular flexibility index (Phi) is 5.41. The lowest BCUT2D eigenvalue weighted by atomic mass is 10.1.